The lowest BCUT2D eigenvalue weighted by Crippen LogP contribution is -2.36. The van der Waals surface area contributed by atoms with Crippen LogP contribution >= 0.6 is 0 Å². The summed E-state index contributed by atoms with van der Waals surface area (Å²) in [5.41, 5.74) is 1.69. The van der Waals surface area contributed by atoms with Crippen molar-refractivity contribution in [3.8, 4) is 22.6 Å². The van der Waals surface area contributed by atoms with Gasteiger partial charge in [0.1, 0.15) is 11.6 Å². The van der Waals surface area contributed by atoms with Gasteiger partial charge in [-0.05, 0) is 30.7 Å². The van der Waals surface area contributed by atoms with Gasteiger partial charge >= 0.3 is 0 Å². The van der Waals surface area contributed by atoms with Crippen molar-refractivity contribution in [3.63, 3.8) is 0 Å². The van der Waals surface area contributed by atoms with Crippen molar-refractivity contribution in [1.29, 1.82) is 0 Å². The number of anilines is 2. The Hall–Kier alpha value is -3.30. The van der Waals surface area contributed by atoms with E-state index in [0.717, 1.165) is 24.5 Å². The predicted molar refractivity (Wildman–Crippen MR) is 117 cm³/mol. The van der Waals surface area contributed by atoms with E-state index in [0.29, 0.717) is 55.6 Å². The second-order valence-electron chi connectivity index (χ2n) is 7.74. The first kappa shape index (κ1) is 19.7. The molecular formula is C22H24N6O3. The molecule has 0 unspecified atom stereocenters. The van der Waals surface area contributed by atoms with Crippen LogP contribution in [-0.2, 0) is 4.74 Å². The summed E-state index contributed by atoms with van der Waals surface area (Å²) in [5.74, 6) is 1.95. The number of nitrogens with zero attached hydrogens (tertiary/aromatic N) is 5. The van der Waals surface area contributed by atoms with Crippen LogP contribution in [0.3, 0.4) is 0 Å². The number of aliphatic hydroxyl groups is 1. The maximum absolute atomic E-state index is 12.4. The molecule has 9 heteroatoms. The first-order valence-corrected chi connectivity index (χ1v) is 10.5. The van der Waals surface area contributed by atoms with Crippen LogP contribution in [0, 0.1) is 0 Å². The number of hydrogen-bond donors (Lipinski definition) is 2. The van der Waals surface area contributed by atoms with Crippen LogP contribution in [0.4, 0.5) is 11.6 Å². The lowest BCUT2D eigenvalue weighted by atomic mass is 10.1. The highest BCUT2D eigenvalue weighted by Gasteiger charge is 2.23. The largest absolute Gasteiger partial charge is 0.391 e. The Kier molecular flexibility index (Phi) is 5.35. The summed E-state index contributed by atoms with van der Waals surface area (Å²) >= 11 is 0. The van der Waals surface area contributed by atoms with Gasteiger partial charge in [0.05, 0.1) is 30.6 Å². The fourth-order valence-corrected chi connectivity index (χ4v) is 3.93. The van der Waals surface area contributed by atoms with E-state index in [1.807, 2.05) is 23.1 Å². The fourth-order valence-electron chi connectivity index (χ4n) is 3.93. The number of nitrogens with one attached hydrogen (secondary N) is 1. The third-order valence-corrected chi connectivity index (χ3v) is 5.64. The predicted octanol–water partition coefficient (Wildman–Crippen LogP) is 1.30. The van der Waals surface area contributed by atoms with Crippen LogP contribution in [0.1, 0.15) is 6.42 Å². The zero-order valence-corrected chi connectivity index (χ0v) is 17.1. The molecule has 5 rings (SSSR count). The molecule has 3 aromatic rings. The minimum absolute atomic E-state index is 0.243. The molecule has 2 saturated heterocycles. The molecule has 3 aromatic heterocycles. The van der Waals surface area contributed by atoms with Gasteiger partial charge in [0.15, 0.2) is 5.82 Å². The van der Waals surface area contributed by atoms with Gasteiger partial charge in [-0.15, -0.1) is 0 Å². The zero-order valence-electron chi connectivity index (χ0n) is 17.1. The third-order valence-electron chi connectivity index (χ3n) is 5.64. The van der Waals surface area contributed by atoms with Crippen LogP contribution in [0.15, 0.2) is 47.5 Å². The molecule has 0 saturated carbocycles. The van der Waals surface area contributed by atoms with Gasteiger partial charge in [0.2, 0.25) is 0 Å². The number of morpholine rings is 1. The molecule has 1 atom stereocenters. The quantitative estimate of drug-likeness (QED) is 0.650. The summed E-state index contributed by atoms with van der Waals surface area (Å²) in [6.07, 6.45) is 3.70. The Balaban J connectivity index is 1.53. The number of ether oxygens (including phenoxy) is 1. The number of β-amino-alcohol motifs (C(OH)–C–C–N with tert-alkyl or cyclic N) is 1. The van der Waals surface area contributed by atoms with Crippen molar-refractivity contribution in [2.75, 3.05) is 49.2 Å². The maximum Gasteiger partial charge on any atom is 0.259 e. The van der Waals surface area contributed by atoms with Crippen LogP contribution in [0.25, 0.3) is 22.6 Å². The minimum Gasteiger partial charge on any atom is -0.391 e. The third kappa shape index (κ3) is 4.14. The highest BCUT2D eigenvalue weighted by molar-refractivity contribution is 5.68. The van der Waals surface area contributed by atoms with E-state index in [2.05, 4.69) is 24.8 Å². The van der Waals surface area contributed by atoms with Crippen LogP contribution in [0.5, 0.6) is 0 Å². The summed E-state index contributed by atoms with van der Waals surface area (Å²) in [6.45, 7) is 4.26. The summed E-state index contributed by atoms with van der Waals surface area (Å²) < 4.78 is 5.41. The molecule has 0 spiro atoms. The van der Waals surface area contributed by atoms with Gasteiger partial charge < -0.3 is 24.6 Å². The SMILES string of the molecule is O=c1[nH]cccc1-c1nc(-c2ccc(N3CCOCC3)nc2)cc(N2CC[C@H](O)C2)n1. The zero-order chi connectivity index (χ0) is 21.2. The molecule has 5 heterocycles. The van der Waals surface area contributed by atoms with E-state index < -0.39 is 0 Å². The number of hydrogen-bond acceptors (Lipinski definition) is 8. The van der Waals surface area contributed by atoms with Crippen molar-refractivity contribution in [3.05, 3.63) is 53.1 Å². The normalized spacial score (nSPS) is 19.1. The van der Waals surface area contributed by atoms with Crippen molar-refractivity contribution in [2.24, 2.45) is 0 Å². The number of rotatable bonds is 4. The van der Waals surface area contributed by atoms with E-state index >= 15 is 0 Å². The minimum atomic E-state index is -0.378. The molecule has 2 aliphatic rings. The molecule has 0 aliphatic carbocycles. The fraction of sp³-hybridized carbons (Fsp3) is 0.364. The average molecular weight is 420 g/mol. The Bertz CT molecular complexity index is 1110. The highest BCUT2D eigenvalue weighted by Crippen LogP contribution is 2.27. The van der Waals surface area contributed by atoms with Crippen molar-refractivity contribution in [1.82, 2.24) is 19.9 Å². The molecular weight excluding hydrogens is 396 g/mol. The number of aliphatic hydroxyl groups excluding tert-OH is 1. The van der Waals surface area contributed by atoms with E-state index in [-0.39, 0.29) is 11.7 Å². The summed E-state index contributed by atoms with van der Waals surface area (Å²) in [7, 11) is 0. The van der Waals surface area contributed by atoms with Crippen molar-refractivity contribution >= 4 is 11.6 Å². The van der Waals surface area contributed by atoms with Gasteiger partial charge in [-0.3, -0.25) is 4.79 Å². The summed E-state index contributed by atoms with van der Waals surface area (Å²) in [4.78, 5) is 33.2. The second kappa shape index (κ2) is 8.44. The number of aromatic nitrogens is 4. The van der Waals surface area contributed by atoms with Crippen molar-refractivity contribution < 1.29 is 9.84 Å². The van der Waals surface area contributed by atoms with Gasteiger partial charge in [-0.2, -0.15) is 0 Å². The molecule has 9 nitrogen and oxygen atoms in total. The van der Waals surface area contributed by atoms with Crippen LogP contribution in [0.2, 0.25) is 0 Å². The maximum atomic E-state index is 12.4. The highest BCUT2D eigenvalue weighted by atomic mass is 16.5. The van der Waals surface area contributed by atoms with E-state index in [1.165, 1.54) is 0 Å². The lowest BCUT2D eigenvalue weighted by molar-refractivity contribution is 0.122. The molecule has 2 N–H and O–H groups in total. The number of H-pyrrole nitrogens is 1. The Morgan fingerprint density at radius 2 is 1.94 bits per heavy atom. The molecule has 0 radical (unpaired) electrons. The van der Waals surface area contributed by atoms with Crippen LogP contribution < -0.4 is 15.4 Å². The van der Waals surface area contributed by atoms with E-state index in [9.17, 15) is 9.90 Å². The van der Waals surface area contributed by atoms with Gasteiger partial charge in [0, 0.05) is 50.2 Å². The molecule has 2 aliphatic heterocycles. The van der Waals surface area contributed by atoms with Crippen LogP contribution in [-0.4, -0.2) is 70.5 Å². The summed E-state index contributed by atoms with van der Waals surface area (Å²) in [5, 5.41) is 9.97. The second-order valence-corrected chi connectivity index (χ2v) is 7.74. The monoisotopic (exact) mass is 420 g/mol. The van der Waals surface area contributed by atoms with E-state index in [1.54, 1.807) is 24.5 Å². The molecule has 0 bridgehead atoms. The number of aromatic amines is 1. The smallest absolute Gasteiger partial charge is 0.259 e. The molecule has 160 valence electrons. The van der Waals surface area contributed by atoms with E-state index in [4.69, 9.17) is 4.74 Å². The Morgan fingerprint density at radius 1 is 1.06 bits per heavy atom. The molecule has 0 amide bonds. The molecule has 2 fully saturated rings. The van der Waals surface area contributed by atoms with Crippen molar-refractivity contribution in [2.45, 2.75) is 12.5 Å². The molecule has 31 heavy (non-hydrogen) atoms. The number of pyridine rings is 2. The Labute approximate surface area is 179 Å². The lowest BCUT2D eigenvalue weighted by Gasteiger charge is -2.27. The van der Waals surface area contributed by atoms with Gasteiger partial charge in [-0.1, -0.05) is 0 Å². The topological polar surface area (TPSA) is 107 Å². The first-order valence-electron chi connectivity index (χ1n) is 10.5. The Morgan fingerprint density at radius 3 is 2.65 bits per heavy atom. The van der Waals surface area contributed by atoms with Gasteiger partial charge in [-0.25, -0.2) is 15.0 Å². The standard InChI is InChI=1S/C22H24N6O3/c29-16-5-7-28(14-16)20-12-18(25-21(26-20)17-2-1-6-23-22(17)30)15-3-4-19(24-13-15)27-8-10-31-11-9-27/h1-4,6,12-13,16,29H,5,7-11,14H2,(H,23,30)/t16-/m0/s1. The average Bonchev–Trinajstić information content (AvgIpc) is 3.26. The molecule has 0 aromatic carbocycles. The first-order chi connectivity index (χ1) is 15.2. The summed E-state index contributed by atoms with van der Waals surface area (Å²) in [6, 6.07) is 9.33. The van der Waals surface area contributed by atoms with Gasteiger partial charge in [0.25, 0.3) is 5.56 Å².